The quantitative estimate of drug-likeness (QED) is 0.303. The van der Waals surface area contributed by atoms with Gasteiger partial charge >= 0.3 is 0 Å². The molecule has 1 N–H and O–H groups in total. The van der Waals surface area contributed by atoms with Crippen LogP contribution in [0.5, 0.6) is 0 Å². The fourth-order valence-corrected chi connectivity index (χ4v) is 6.38. The van der Waals surface area contributed by atoms with Crippen molar-refractivity contribution in [2.24, 2.45) is 0 Å². The highest BCUT2D eigenvalue weighted by Crippen LogP contribution is 2.32. The summed E-state index contributed by atoms with van der Waals surface area (Å²) >= 11 is 12.2. The van der Waals surface area contributed by atoms with E-state index in [0.717, 1.165) is 39.1 Å². The molecule has 1 aliphatic heterocycles. The van der Waals surface area contributed by atoms with Gasteiger partial charge in [0.1, 0.15) is 0 Å². The van der Waals surface area contributed by atoms with Crippen LogP contribution in [0.3, 0.4) is 0 Å². The third-order valence-electron chi connectivity index (χ3n) is 6.65. The molecule has 37 heavy (non-hydrogen) atoms. The fraction of sp³-hybridized carbons (Fsp3) is 0.250. The van der Waals surface area contributed by atoms with Gasteiger partial charge in [-0.1, -0.05) is 59.1 Å². The molecular weight excluding hydrogens is 527 g/mol. The highest BCUT2D eigenvalue weighted by molar-refractivity contribution is 7.89. The molecule has 0 aliphatic carbocycles. The van der Waals surface area contributed by atoms with Gasteiger partial charge in [-0.05, 0) is 55.8 Å². The highest BCUT2D eigenvalue weighted by atomic mass is 35.5. The van der Waals surface area contributed by atoms with Crippen LogP contribution in [0.25, 0.3) is 10.9 Å². The Balaban J connectivity index is 1.36. The van der Waals surface area contributed by atoms with Gasteiger partial charge in [-0.25, -0.2) is 8.42 Å². The second-order valence-electron chi connectivity index (χ2n) is 9.29. The monoisotopic (exact) mass is 554 g/mol. The van der Waals surface area contributed by atoms with Crippen LogP contribution in [-0.4, -0.2) is 43.9 Å². The van der Waals surface area contributed by atoms with Crippen LogP contribution < -0.4 is 10.2 Å². The normalized spacial score (nSPS) is 14.8. The van der Waals surface area contributed by atoms with Gasteiger partial charge in [-0.15, -0.1) is 0 Å². The Kier molecular flexibility index (Phi) is 7.32. The Hall–Kier alpha value is -2.84. The third-order valence-corrected chi connectivity index (χ3v) is 9.30. The predicted octanol–water partition coefficient (Wildman–Crippen LogP) is 6.28. The second-order valence-corrected chi connectivity index (χ2v) is 12.0. The van der Waals surface area contributed by atoms with Crippen LogP contribution >= 0.6 is 23.2 Å². The first-order chi connectivity index (χ1) is 17.7. The van der Waals surface area contributed by atoms with Crippen LogP contribution in [-0.2, 0) is 16.6 Å². The van der Waals surface area contributed by atoms with Gasteiger partial charge < -0.3 is 10.2 Å². The Morgan fingerprint density at radius 2 is 1.62 bits per heavy atom. The van der Waals surface area contributed by atoms with Crippen molar-refractivity contribution in [3.63, 3.8) is 0 Å². The average molecular weight is 556 g/mol. The van der Waals surface area contributed by atoms with Gasteiger partial charge in [-0.2, -0.15) is 4.31 Å². The maximum atomic E-state index is 13.1. The molecule has 192 valence electrons. The Bertz CT molecular complexity index is 1550. The molecule has 0 saturated carbocycles. The fourth-order valence-electron chi connectivity index (χ4n) is 4.64. The number of pyridine rings is 1. The number of rotatable bonds is 6. The topological polar surface area (TPSA) is 65.5 Å². The van der Waals surface area contributed by atoms with Crippen molar-refractivity contribution < 1.29 is 8.42 Å². The average Bonchev–Trinajstić information content (AvgIpc) is 2.89. The number of hydrogen-bond acceptors (Lipinski definition) is 5. The van der Waals surface area contributed by atoms with Crippen LogP contribution in [0.2, 0.25) is 10.0 Å². The molecule has 0 atom stereocenters. The number of halogens is 2. The van der Waals surface area contributed by atoms with E-state index in [4.69, 9.17) is 28.2 Å². The molecule has 0 bridgehead atoms. The number of sulfonamides is 1. The first kappa shape index (κ1) is 25.8. The maximum absolute atomic E-state index is 13.1. The number of aromatic nitrogens is 1. The van der Waals surface area contributed by atoms with Crippen molar-refractivity contribution in [1.29, 1.82) is 0 Å². The zero-order valence-corrected chi connectivity index (χ0v) is 23.0. The number of nitrogens with zero attached hydrogens (tertiary/aromatic N) is 3. The number of benzene rings is 3. The maximum Gasteiger partial charge on any atom is 0.243 e. The summed E-state index contributed by atoms with van der Waals surface area (Å²) in [5.74, 6) is 0. The SMILES string of the molecule is Cc1ccc(S(=O)(=O)N2CCN(c3cccc4c(NCc5ccc(Cl)c(Cl)c5)cc(C)nc34)CC2)cc1. The van der Waals surface area contributed by atoms with Crippen LogP contribution in [0.4, 0.5) is 11.4 Å². The lowest BCUT2D eigenvalue weighted by Gasteiger charge is -2.35. The number of fused-ring (bicyclic) bond motifs is 1. The van der Waals surface area contributed by atoms with Gasteiger partial charge in [0, 0.05) is 49.5 Å². The number of anilines is 2. The minimum Gasteiger partial charge on any atom is -0.380 e. The van der Waals surface area contributed by atoms with Crippen molar-refractivity contribution in [3.8, 4) is 0 Å². The van der Waals surface area contributed by atoms with Crippen molar-refractivity contribution in [2.45, 2.75) is 25.3 Å². The molecule has 1 aliphatic rings. The molecule has 0 radical (unpaired) electrons. The van der Waals surface area contributed by atoms with E-state index in [9.17, 15) is 8.42 Å². The zero-order valence-electron chi connectivity index (χ0n) is 20.7. The van der Waals surface area contributed by atoms with Gasteiger partial charge in [0.2, 0.25) is 10.0 Å². The Morgan fingerprint density at radius 3 is 2.32 bits per heavy atom. The minimum absolute atomic E-state index is 0.340. The molecule has 3 aromatic carbocycles. The van der Waals surface area contributed by atoms with Crippen molar-refractivity contribution >= 4 is 55.5 Å². The minimum atomic E-state index is -3.52. The summed E-state index contributed by atoms with van der Waals surface area (Å²) in [5.41, 5.74) is 5.85. The molecule has 0 amide bonds. The van der Waals surface area contributed by atoms with Crippen molar-refractivity contribution in [2.75, 3.05) is 36.4 Å². The predicted molar refractivity (Wildman–Crippen MR) is 152 cm³/mol. The van der Waals surface area contributed by atoms with Crippen LogP contribution in [0.15, 0.2) is 71.6 Å². The highest BCUT2D eigenvalue weighted by Gasteiger charge is 2.29. The number of nitrogens with one attached hydrogen (secondary N) is 1. The molecule has 2 heterocycles. The van der Waals surface area contributed by atoms with Crippen LogP contribution in [0.1, 0.15) is 16.8 Å². The van der Waals surface area contributed by atoms with E-state index in [1.807, 2.05) is 50.2 Å². The molecule has 0 spiro atoms. The summed E-state index contributed by atoms with van der Waals surface area (Å²) in [5, 5.41) is 5.60. The molecule has 1 saturated heterocycles. The smallest absolute Gasteiger partial charge is 0.243 e. The Labute approximate surface area is 227 Å². The molecule has 1 aromatic heterocycles. The van der Waals surface area contributed by atoms with Gasteiger partial charge in [0.25, 0.3) is 0 Å². The van der Waals surface area contributed by atoms with E-state index in [2.05, 4.69) is 22.3 Å². The van der Waals surface area contributed by atoms with E-state index in [1.165, 1.54) is 0 Å². The summed E-state index contributed by atoms with van der Waals surface area (Å²) in [7, 11) is -3.52. The number of aryl methyl sites for hydroxylation is 2. The number of piperazine rings is 1. The molecule has 0 unspecified atom stereocenters. The summed E-state index contributed by atoms with van der Waals surface area (Å²) in [6, 6.07) is 20.8. The molecule has 6 nitrogen and oxygen atoms in total. The molecule has 5 rings (SSSR count). The largest absolute Gasteiger partial charge is 0.380 e. The van der Waals surface area contributed by atoms with E-state index in [0.29, 0.717) is 47.7 Å². The van der Waals surface area contributed by atoms with Gasteiger partial charge in [-0.3, -0.25) is 4.98 Å². The Morgan fingerprint density at radius 1 is 0.892 bits per heavy atom. The van der Waals surface area contributed by atoms with E-state index in [1.54, 1.807) is 22.5 Å². The lowest BCUT2D eigenvalue weighted by molar-refractivity contribution is 0.385. The van der Waals surface area contributed by atoms with E-state index in [-0.39, 0.29) is 0 Å². The lowest BCUT2D eigenvalue weighted by Crippen LogP contribution is -2.48. The van der Waals surface area contributed by atoms with E-state index >= 15 is 0 Å². The number of hydrogen-bond donors (Lipinski definition) is 1. The standard InChI is InChI=1S/C28H28Cl2N4O2S/c1-19-6-9-22(10-7-19)37(35,36)34-14-12-33(13-15-34)27-5-3-4-23-26(16-20(2)32-28(23)27)31-18-21-8-11-24(29)25(30)17-21/h3-11,16-17H,12-15,18H2,1-2H3,(H,31,32). The third kappa shape index (κ3) is 5.41. The second kappa shape index (κ2) is 10.5. The summed E-state index contributed by atoms with van der Waals surface area (Å²) in [6.45, 7) is 6.53. The molecular formula is C28H28Cl2N4O2S. The molecule has 9 heteroatoms. The van der Waals surface area contributed by atoms with Gasteiger partial charge in [0.15, 0.2) is 0 Å². The summed E-state index contributed by atoms with van der Waals surface area (Å²) < 4.78 is 27.9. The van der Waals surface area contributed by atoms with Crippen molar-refractivity contribution in [1.82, 2.24) is 9.29 Å². The first-order valence-corrected chi connectivity index (χ1v) is 14.3. The van der Waals surface area contributed by atoms with Crippen molar-refractivity contribution in [3.05, 3.63) is 93.6 Å². The zero-order chi connectivity index (χ0) is 26.2. The molecule has 1 fully saturated rings. The van der Waals surface area contributed by atoms with E-state index < -0.39 is 10.0 Å². The number of para-hydroxylation sites is 1. The summed E-state index contributed by atoms with van der Waals surface area (Å²) in [4.78, 5) is 7.42. The lowest BCUT2D eigenvalue weighted by atomic mass is 10.1. The van der Waals surface area contributed by atoms with Crippen LogP contribution in [0, 0.1) is 13.8 Å². The van der Waals surface area contributed by atoms with Gasteiger partial charge in [0.05, 0.1) is 26.1 Å². The first-order valence-electron chi connectivity index (χ1n) is 12.1. The summed E-state index contributed by atoms with van der Waals surface area (Å²) in [6.07, 6.45) is 0. The molecule has 4 aromatic rings.